The van der Waals surface area contributed by atoms with Crippen LogP contribution >= 0.6 is 23.2 Å². The Kier molecular flexibility index (Phi) is 4.38. The molecule has 0 saturated heterocycles. The van der Waals surface area contributed by atoms with Gasteiger partial charge in [-0.25, -0.2) is 0 Å². The van der Waals surface area contributed by atoms with Crippen molar-refractivity contribution in [1.82, 2.24) is 0 Å². The maximum atomic E-state index is 6.34. The van der Waals surface area contributed by atoms with Gasteiger partial charge in [0.05, 0.1) is 10.7 Å². The van der Waals surface area contributed by atoms with Crippen molar-refractivity contribution < 1.29 is 0 Å². The summed E-state index contributed by atoms with van der Waals surface area (Å²) in [4.78, 5) is 2.11. The minimum atomic E-state index is 0.450. The van der Waals surface area contributed by atoms with Crippen molar-refractivity contribution in [3.05, 3.63) is 58.1 Å². The Morgan fingerprint density at radius 1 is 1.11 bits per heavy atom. The lowest BCUT2D eigenvalue weighted by molar-refractivity contribution is 1.15. The molecule has 19 heavy (non-hydrogen) atoms. The summed E-state index contributed by atoms with van der Waals surface area (Å²) in [5.74, 6) is 0.450. The Labute approximate surface area is 124 Å². The van der Waals surface area contributed by atoms with Gasteiger partial charge in [0.25, 0.3) is 0 Å². The first-order valence-corrected chi connectivity index (χ1v) is 7.10. The molecule has 0 aliphatic rings. The minimum Gasteiger partial charge on any atom is -0.343 e. The number of halogens is 2. The van der Waals surface area contributed by atoms with E-state index in [4.69, 9.17) is 23.2 Å². The van der Waals surface area contributed by atoms with Crippen molar-refractivity contribution in [2.45, 2.75) is 19.7 Å². The van der Waals surface area contributed by atoms with E-state index in [-0.39, 0.29) is 0 Å². The van der Waals surface area contributed by atoms with Gasteiger partial charge < -0.3 is 4.90 Å². The van der Waals surface area contributed by atoms with E-state index in [1.807, 2.05) is 25.2 Å². The van der Waals surface area contributed by atoms with Crippen molar-refractivity contribution in [3.8, 4) is 0 Å². The second-order valence-electron chi connectivity index (χ2n) is 4.73. The number of anilines is 2. The predicted molar refractivity (Wildman–Crippen MR) is 85.0 cm³/mol. The Morgan fingerprint density at radius 2 is 1.84 bits per heavy atom. The number of aryl methyl sites for hydroxylation is 2. The lowest BCUT2D eigenvalue weighted by Crippen LogP contribution is -2.13. The molecular formula is C16H17Cl2N. The summed E-state index contributed by atoms with van der Waals surface area (Å²) in [6.07, 6.45) is 0. The highest BCUT2D eigenvalue weighted by Crippen LogP contribution is 2.36. The molecule has 0 atom stereocenters. The molecule has 0 radical (unpaired) electrons. The topological polar surface area (TPSA) is 3.24 Å². The molecule has 0 N–H and O–H groups in total. The molecule has 100 valence electrons. The summed E-state index contributed by atoms with van der Waals surface area (Å²) in [6.45, 7) is 4.20. The fourth-order valence-electron chi connectivity index (χ4n) is 2.35. The van der Waals surface area contributed by atoms with Gasteiger partial charge in [0.1, 0.15) is 0 Å². The van der Waals surface area contributed by atoms with Gasteiger partial charge in [-0.15, -0.1) is 11.6 Å². The Bertz CT molecular complexity index is 593. The summed E-state index contributed by atoms with van der Waals surface area (Å²) in [5.41, 5.74) is 5.64. The third-order valence-electron chi connectivity index (χ3n) is 3.26. The molecule has 0 bridgehead atoms. The third kappa shape index (κ3) is 2.88. The van der Waals surface area contributed by atoms with Gasteiger partial charge >= 0.3 is 0 Å². The molecule has 0 amide bonds. The zero-order chi connectivity index (χ0) is 14.0. The van der Waals surface area contributed by atoms with E-state index in [9.17, 15) is 0 Å². The number of alkyl halides is 1. The highest BCUT2D eigenvalue weighted by Gasteiger charge is 2.14. The van der Waals surface area contributed by atoms with Gasteiger partial charge in [-0.1, -0.05) is 41.4 Å². The van der Waals surface area contributed by atoms with Gasteiger partial charge in [0.15, 0.2) is 0 Å². The highest BCUT2D eigenvalue weighted by atomic mass is 35.5. The molecule has 1 nitrogen and oxygen atoms in total. The Morgan fingerprint density at radius 3 is 2.47 bits per heavy atom. The lowest BCUT2D eigenvalue weighted by atomic mass is 10.1. The maximum absolute atomic E-state index is 6.34. The smallest absolute Gasteiger partial charge is 0.0646 e. The molecule has 0 aromatic heterocycles. The normalized spacial score (nSPS) is 10.6. The molecule has 2 aromatic rings. The van der Waals surface area contributed by atoms with E-state index in [1.54, 1.807) is 0 Å². The summed E-state index contributed by atoms with van der Waals surface area (Å²) in [6, 6.07) is 12.2. The molecule has 2 aromatic carbocycles. The van der Waals surface area contributed by atoms with Gasteiger partial charge in [-0.05, 0) is 37.1 Å². The van der Waals surface area contributed by atoms with E-state index < -0.39 is 0 Å². The van der Waals surface area contributed by atoms with Crippen LogP contribution in [-0.4, -0.2) is 7.05 Å². The van der Waals surface area contributed by atoms with Crippen LogP contribution in [0.2, 0.25) is 5.02 Å². The van der Waals surface area contributed by atoms with Crippen LogP contribution in [0.3, 0.4) is 0 Å². The van der Waals surface area contributed by atoms with Crippen molar-refractivity contribution in [2.24, 2.45) is 0 Å². The first-order valence-electron chi connectivity index (χ1n) is 6.19. The number of benzene rings is 2. The third-order valence-corrected chi connectivity index (χ3v) is 3.86. The van der Waals surface area contributed by atoms with Crippen LogP contribution in [0.4, 0.5) is 11.4 Å². The Balaban J connectivity index is 2.52. The number of nitrogens with zero attached hydrogens (tertiary/aromatic N) is 1. The van der Waals surface area contributed by atoms with E-state index in [0.717, 1.165) is 22.0 Å². The van der Waals surface area contributed by atoms with Crippen LogP contribution in [0.25, 0.3) is 0 Å². The second kappa shape index (κ2) is 5.85. The molecule has 0 saturated carbocycles. The summed E-state index contributed by atoms with van der Waals surface area (Å²) in [7, 11) is 2.02. The van der Waals surface area contributed by atoms with Gasteiger partial charge in [-0.3, -0.25) is 0 Å². The number of rotatable bonds is 3. The molecule has 0 unspecified atom stereocenters. The Hall–Kier alpha value is -1.18. The van der Waals surface area contributed by atoms with E-state index in [0.29, 0.717) is 5.88 Å². The largest absolute Gasteiger partial charge is 0.343 e. The molecular weight excluding hydrogens is 277 g/mol. The van der Waals surface area contributed by atoms with Crippen LogP contribution in [0.5, 0.6) is 0 Å². The van der Waals surface area contributed by atoms with Crippen LogP contribution in [-0.2, 0) is 5.88 Å². The fourth-order valence-corrected chi connectivity index (χ4v) is 2.88. The summed E-state index contributed by atoms with van der Waals surface area (Å²) < 4.78 is 0. The van der Waals surface area contributed by atoms with Gasteiger partial charge in [0, 0.05) is 18.6 Å². The van der Waals surface area contributed by atoms with Crippen LogP contribution in [0.15, 0.2) is 36.4 Å². The highest BCUT2D eigenvalue weighted by molar-refractivity contribution is 6.33. The van der Waals surface area contributed by atoms with Crippen LogP contribution < -0.4 is 4.90 Å². The van der Waals surface area contributed by atoms with E-state index >= 15 is 0 Å². The summed E-state index contributed by atoms with van der Waals surface area (Å²) >= 11 is 12.4. The molecule has 3 heteroatoms. The number of para-hydroxylation sites is 1. The van der Waals surface area contributed by atoms with Gasteiger partial charge in [-0.2, -0.15) is 0 Å². The average Bonchev–Trinajstić information content (AvgIpc) is 2.37. The molecule has 0 spiro atoms. The fraction of sp³-hybridized carbons (Fsp3) is 0.250. The molecule has 0 aliphatic carbocycles. The minimum absolute atomic E-state index is 0.450. The second-order valence-corrected chi connectivity index (χ2v) is 5.40. The van der Waals surface area contributed by atoms with Crippen molar-refractivity contribution in [1.29, 1.82) is 0 Å². The quantitative estimate of drug-likeness (QED) is 0.679. The summed E-state index contributed by atoms with van der Waals surface area (Å²) in [5, 5.41) is 0.723. The zero-order valence-corrected chi connectivity index (χ0v) is 12.9. The number of hydrogen-bond acceptors (Lipinski definition) is 1. The molecule has 2 rings (SSSR count). The SMILES string of the molecule is Cc1ccc(N(C)c2c(Cl)cccc2CCl)c(C)c1. The molecule has 0 fully saturated rings. The first-order chi connectivity index (χ1) is 9.04. The average molecular weight is 294 g/mol. The number of hydrogen-bond donors (Lipinski definition) is 0. The molecule has 0 aliphatic heterocycles. The monoisotopic (exact) mass is 293 g/mol. The molecule has 0 heterocycles. The lowest BCUT2D eigenvalue weighted by Gasteiger charge is -2.25. The zero-order valence-electron chi connectivity index (χ0n) is 11.4. The van der Waals surface area contributed by atoms with Crippen LogP contribution in [0.1, 0.15) is 16.7 Å². The van der Waals surface area contributed by atoms with Crippen molar-refractivity contribution in [2.75, 3.05) is 11.9 Å². The van der Waals surface area contributed by atoms with Gasteiger partial charge in [0.2, 0.25) is 0 Å². The first kappa shape index (κ1) is 14.2. The predicted octanol–water partition coefficient (Wildman–Crippen LogP) is 5.46. The maximum Gasteiger partial charge on any atom is 0.0646 e. The van der Waals surface area contributed by atoms with Crippen LogP contribution in [0, 0.1) is 13.8 Å². The van der Waals surface area contributed by atoms with Crippen molar-refractivity contribution >= 4 is 34.6 Å². The van der Waals surface area contributed by atoms with E-state index in [1.165, 1.54) is 11.1 Å². The van der Waals surface area contributed by atoms with E-state index in [2.05, 4.69) is 36.9 Å². The van der Waals surface area contributed by atoms with Crippen molar-refractivity contribution in [3.63, 3.8) is 0 Å². The standard InChI is InChI=1S/C16H17Cl2N/c1-11-7-8-15(12(2)9-11)19(3)16-13(10-17)5-4-6-14(16)18/h4-9H,10H2,1-3H3.